The van der Waals surface area contributed by atoms with Crippen molar-refractivity contribution in [1.29, 1.82) is 0 Å². The second-order valence-electron chi connectivity index (χ2n) is 6.36. The molecule has 0 spiro atoms. The van der Waals surface area contributed by atoms with Crippen LogP contribution in [0.1, 0.15) is 53.9 Å². The Balaban J connectivity index is 5.30. The van der Waals surface area contributed by atoms with Gasteiger partial charge in [0.2, 0.25) is 5.91 Å². The van der Waals surface area contributed by atoms with Crippen molar-refractivity contribution in [2.45, 2.75) is 65.0 Å². The highest BCUT2D eigenvalue weighted by Crippen LogP contribution is 2.24. The molecule has 0 aliphatic carbocycles. The van der Waals surface area contributed by atoms with Crippen molar-refractivity contribution in [3.63, 3.8) is 0 Å². The molecule has 0 aliphatic rings. The van der Waals surface area contributed by atoms with E-state index in [1.54, 1.807) is 20.8 Å². The normalized spacial score (nSPS) is 15.7. The standard InChI is InChI=1S/C14H26N2O5/c1-6-9(2)7-14(11(15)19,8-10(17)18)16-12(20)21-13(3,4)5/h9H,6-8H2,1-5H3,(H2,15,19)(H,16,20)(H,17,18). The molecule has 0 radical (unpaired) electrons. The second-order valence-corrected chi connectivity index (χ2v) is 6.36. The molecule has 0 rings (SSSR count). The smallest absolute Gasteiger partial charge is 0.408 e. The number of alkyl carbamates (subject to hydrolysis) is 1. The van der Waals surface area contributed by atoms with Gasteiger partial charge in [-0.1, -0.05) is 20.3 Å². The highest BCUT2D eigenvalue weighted by Gasteiger charge is 2.42. The van der Waals surface area contributed by atoms with E-state index in [1.807, 2.05) is 13.8 Å². The SMILES string of the molecule is CCC(C)CC(CC(=O)O)(NC(=O)OC(C)(C)C)C(N)=O. The maximum atomic E-state index is 11.9. The number of aliphatic carboxylic acids is 1. The van der Waals surface area contributed by atoms with E-state index in [0.29, 0.717) is 0 Å². The number of primary amides is 1. The Morgan fingerprint density at radius 3 is 2.14 bits per heavy atom. The predicted molar refractivity (Wildman–Crippen MR) is 77.6 cm³/mol. The van der Waals surface area contributed by atoms with Crippen molar-refractivity contribution >= 4 is 18.0 Å². The predicted octanol–water partition coefficient (Wildman–Crippen LogP) is 1.65. The fraction of sp³-hybridized carbons (Fsp3) is 0.786. The van der Waals surface area contributed by atoms with Crippen LogP contribution in [0.25, 0.3) is 0 Å². The molecule has 4 N–H and O–H groups in total. The van der Waals surface area contributed by atoms with Gasteiger partial charge in [-0.15, -0.1) is 0 Å². The number of nitrogens with one attached hydrogen (secondary N) is 1. The highest BCUT2D eigenvalue weighted by atomic mass is 16.6. The number of carboxylic acid groups (broad SMARTS) is 1. The Morgan fingerprint density at radius 1 is 1.29 bits per heavy atom. The molecule has 0 fully saturated rings. The van der Waals surface area contributed by atoms with Crippen molar-refractivity contribution in [1.82, 2.24) is 5.32 Å². The van der Waals surface area contributed by atoms with Crippen molar-refractivity contribution in [2.24, 2.45) is 11.7 Å². The van der Waals surface area contributed by atoms with E-state index < -0.39 is 35.5 Å². The summed E-state index contributed by atoms with van der Waals surface area (Å²) >= 11 is 0. The molecule has 0 aromatic carbocycles. The Morgan fingerprint density at radius 2 is 1.81 bits per heavy atom. The molecule has 7 heteroatoms. The third kappa shape index (κ3) is 6.97. The number of rotatable bonds is 7. The molecule has 0 aliphatic heterocycles. The summed E-state index contributed by atoms with van der Waals surface area (Å²) in [6, 6.07) is 0. The van der Waals surface area contributed by atoms with Crippen molar-refractivity contribution in [3.05, 3.63) is 0 Å². The third-order valence-corrected chi connectivity index (χ3v) is 3.06. The first-order chi connectivity index (χ1) is 9.42. The van der Waals surface area contributed by atoms with E-state index in [4.69, 9.17) is 15.6 Å². The van der Waals surface area contributed by atoms with E-state index in [-0.39, 0.29) is 12.3 Å². The zero-order valence-electron chi connectivity index (χ0n) is 13.4. The van der Waals surface area contributed by atoms with Crippen LogP contribution >= 0.6 is 0 Å². The van der Waals surface area contributed by atoms with Gasteiger partial charge in [-0.2, -0.15) is 0 Å². The number of hydrogen-bond acceptors (Lipinski definition) is 4. The van der Waals surface area contributed by atoms with Crippen LogP contribution in [0.5, 0.6) is 0 Å². The van der Waals surface area contributed by atoms with Crippen LogP contribution in [0.4, 0.5) is 4.79 Å². The molecule has 0 saturated heterocycles. The molecule has 2 atom stereocenters. The number of carbonyl (C=O) groups excluding carboxylic acids is 2. The summed E-state index contributed by atoms with van der Waals surface area (Å²) in [5.41, 5.74) is 2.96. The first-order valence-electron chi connectivity index (χ1n) is 6.94. The summed E-state index contributed by atoms with van der Waals surface area (Å²) in [5, 5.41) is 11.4. The lowest BCUT2D eigenvalue weighted by Gasteiger charge is -2.33. The summed E-state index contributed by atoms with van der Waals surface area (Å²) in [5.74, 6) is -2.07. The van der Waals surface area contributed by atoms with Gasteiger partial charge >= 0.3 is 12.1 Å². The van der Waals surface area contributed by atoms with Gasteiger partial charge in [0, 0.05) is 0 Å². The van der Waals surface area contributed by atoms with Gasteiger partial charge in [-0.25, -0.2) is 4.79 Å². The fourth-order valence-corrected chi connectivity index (χ4v) is 1.91. The minimum atomic E-state index is -1.65. The molecule has 2 unspecified atom stereocenters. The number of nitrogens with two attached hydrogens (primary N) is 1. The van der Waals surface area contributed by atoms with Gasteiger partial charge in [0.05, 0.1) is 6.42 Å². The molecule has 0 aromatic rings. The molecule has 0 heterocycles. The van der Waals surface area contributed by atoms with Gasteiger partial charge < -0.3 is 20.9 Å². The molecule has 0 bridgehead atoms. The minimum absolute atomic E-state index is 0.0202. The number of amides is 2. The van der Waals surface area contributed by atoms with E-state index >= 15 is 0 Å². The summed E-state index contributed by atoms with van der Waals surface area (Å²) in [6.07, 6.45) is -0.563. The highest BCUT2D eigenvalue weighted by molar-refractivity contribution is 5.92. The van der Waals surface area contributed by atoms with Crippen LogP contribution < -0.4 is 11.1 Å². The molecule has 122 valence electrons. The zero-order valence-corrected chi connectivity index (χ0v) is 13.4. The van der Waals surface area contributed by atoms with Crippen LogP contribution in [0, 0.1) is 5.92 Å². The first kappa shape index (κ1) is 19.2. The van der Waals surface area contributed by atoms with Crippen LogP contribution in [0.3, 0.4) is 0 Å². The second kappa shape index (κ2) is 7.28. The third-order valence-electron chi connectivity index (χ3n) is 3.06. The van der Waals surface area contributed by atoms with Gasteiger partial charge in [0.1, 0.15) is 11.1 Å². The van der Waals surface area contributed by atoms with E-state index in [2.05, 4.69) is 5.32 Å². The van der Waals surface area contributed by atoms with Gasteiger partial charge in [0.15, 0.2) is 0 Å². The molecule has 2 amide bonds. The molecule has 0 saturated carbocycles. The lowest BCUT2D eigenvalue weighted by atomic mass is 9.83. The first-order valence-corrected chi connectivity index (χ1v) is 6.94. The van der Waals surface area contributed by atoms with Crippen LogP contribution in [-0.4, -0.2) is 34.2 Å². The topological polar surface area (TPSA) is 119 Å². The number of carbonyl (C=O) groups is 3. The van der Waals surface area contributed by atoms with E-state index in [1.165, 1.54) is 0 Å². The van der Waals surface area contributed by atoms with Gasteiger partial charge in [-0.3, -0.25) is 9.59 Å². The van der Waals surface area contributed by atoms with Crippen molar-refractivity contribution in [3.8, 4) is 0 Å². The fourth-order valence-electron chi connectivity index (χ4n) is 1.91. The summed E-state index contributed by atoms with van der Waals surface area (Å²) in [7, 11) is 0. The Hall–Kier alpha value is -1.79. The maximum Gasteiger partial charge on any atom is 0.408 e. The Labute approximate surface area is 125 Å². The molecular formula is C14H26N2O5. The summed E-state index contributed by atoms with van der Waals surface area (Å²) in [4.78, 5) is 34.8. The van der Waals surface area contributed by atoms with Gasteiger partial charge in [-0.05, 0) is 33.1 Å². The lowest BCUT2D eigenvalue weighted by molar-refractivity contribution is -0.142. The number of hydrogen-bond donors (Lipinski definition) is 3. The largest absolute Gasteiger partial charge is 0.481 e. The maximum absolute atomic E-state index is 11.9. The van der Waals surface area contributed by atoms with Crippen LogP contribution in [0.2, 0.25) is 0 Å². The van der Waals surface area contributed by atoms with E-state index in [0.717, 1.165) is 6.42 Å². The van der Waals surface area contributed by atoms with E-state index in [9.17, 15) is 14.4 Å². The number of ether oxygens (including phenoxy) is 1. The zero-order chi connectivity index (χ0) is 16.8. The Bertz CT molecular complexity index is 403. The van der Waals surface area contributed by atoms with Crippen molar-refractivity contribution in [2.75, 3.05) is 0 Å². The van der Waals surface area contributed by atoms with Gasteiger partial charge in [0.25, 0.3) is 0 Å². The van der Waals surface area contributed by atoms with Crippen LogP contribution in [0.15, 0.2) is 0 Å². The molecular weight excluding hydrogens is 276 g/mol. The molecule has 0 aromatic heterocycles. The van der Waals surface area contributed by atoms with Crippen molar-refractivity contribution < 1.29 is 24.2 Å². The minimum Gasteiger partial charge on any atom is -0.481 e. The monoisotopic (exact) mass is 302 g/mol. The van der Waals surface area contributed by atoms with Crippen LogP contribution in [-0.2, 0) is 14.3 Å². The lowest BCUT2D eigenvalue weighted by Crippen LogP contribution is -2.60. The Kier molecular flexibility index (Phi) is 6.66. The molecule has 21 heavy (non-hydrogen) atoms. The molecule has 7 nitrogen and oxygen atoms in total. The summed E-state index contributed by atoms with van der Waals surface area (Å²) in [6.45, 7) is 8.78. The summed E-state index contributed by atoms with van der Waals surface area (Å²) < 4.78 is 5.09. The average Bonchev–Trinajstić information content (AvgIpc) is 2.24. The average molecular weight is 302 g/mol. The number of carboxylic acids is 1. The quantitative estimate of drug-likeness (QED) is 0.660.